The normalized spacial score (nSPS) is 13.5. The van der Waals surface area contributed by atoms with Gasteiger partial charge in [0.2, 0.25) is 0 Å². The van der Waals surface area contributed by atoms with E-state index >= 15 is 0 Å². The molecule has 0 saturated carbocycles. The fourth-order valence-corrected chi connectivity index (χ4v) is 1.12. The van der Waals surface area contributed by atoms with Crippen molar-refractivity contribution in [2.24, 2.45) is 7.05 Å². The molecule has 1 unspecified atom stereocenters. The van der Waals surface area contributed by atoms with Gasteiger partial charge >= 0.3 is 6.18 Å². The summed E-state index contributed by atoms with van der Waals surface area (Å²) in [5.74, 6) is -0.828. The van der Waals surface area contributed by atoms with Crippen LogP contribution in [0.3, 0.4) is 0 Å². The number of hydrogen-bond acceptors (Lipinski definition) is 4. The van der Waals surface area contributed by atoms with Crippen LogP contribution in [0.1, 0.15) is 10.5 Å². The van der Waals surface area contributed by atoms with Crippen molar-refractivity contribution in [3.05, 3.63) is 11.9 Å². The van der Waals surface area contributed by atoms with Gasteiger partial charge in [0.1, 0.15) is 5.69 Å². The number of aliphatic hydroxyl groups excluding tert-OH is 1. The molecule has 1 atom stereocenters. The van der Waals surface area contributed by atoms with Gasteiger partial charge in [-0.2, -0.15) is 18.3 Å². The number of nitrogens with two attached hydrogens (primary N) is 1. The molecule has 96 valence electrons. The highest BCUT2D eigenvalue weighted by atomic mass is 19.4. The molecule has 0 aromatic carbocycles. The lowest BCUT2D eigenvalue weighted by molar-refractivity contribution is -0.201. The van der Waals surface area contributed by atoms with Crippen LogP contribution in [0.5, 0.6) is 0 Å². The van der Waals surface area contributed by atoms with Gasteiger partial charge in [0.25, 0.3) is 5.91 Å². The number of nitrogens with zero attached hydrogens (tertiary/aromatic N) is 2. The zero-order chi connectivity index (χ0) is 13.2. The molecule has 0 spiro atoms. The van der Waals surface area contributed by atoms with Crippen LogP contribution in [0, 0.1) is 0 Å². The Kier molecular flexibility index (Phi) is 3.61. The van der Waals surface area contributed by atoms with E-state index in [1.807, 2.05) is 5.32 Å². The van der Waals surface area contributed by atoms with Crippen LogP contribution >= 0.6 is 0 Å². The molecular weight excluding hydrogens is 241 g/mol. The van der Waals surface area contributed by atoms with E-state index in [0.29, 0.717) is 0 Å². The third-order valence-corrected chi connectivity index (χ3v) is 2.02. The third kappa shape index (κ3) is 3.09. The number of alkyl halides is 3. The molecule has 9 heteroatoms. The molecule has 0 aliphatic rings. The van der Waals surface area contributed by atoms with E-state index in [-0.39, 0.29) is 11.4 Å². The van der Waals surface area contributed by atoms with Crippen molar-refractivity contribution in [3.8, 4) is 0 Å². The number of halogens is 3. The molecule has 1 heterocycles. The first-order chi connectivity index (χ1) is 7.73. The van der Waals surface area contributed by atoms with Gasteiger partial charge in [-0.15, -0.1) is 0 Å². The van der Waals surface area contributed by atoms with Crippen molar-refractivity contribution >= 4 is 11.6 Å². The Bertz CT molecular complexity index is 396. The minimum absolute atomic E-state index is 0.0477. The summed E-state index contributed by atoms with van der Waals surface area (Å²) >= 11 is 0. The summed E-state index contributed by atoms with van der Waals surface area (Å²) < 4.78 is 37.0. The Labute approximate surface area is 94.2 Å². The average Bonchev–Trinajstić information content (AvgIpc) is 2.53. The molecule has 6 nitrogen and oxygen atoms in total. The van der Waals surface area contributed by atoms with Crippen LogP contribution < -0.4 is 11.1 Å². The van der Waals surface area contributed by atoms with Gasteiger partial charge in [0.05, 0.1) is 18.4 Å². The van der Waals surface area contributed by atoms with E-state index < -0.39 is 24.7 Å². The molecule has 1 rings (SSSR count). The summed E-state index contributed by atoms with van der Waals surface area (Å²) in [6.45, 7) is -0.938. The maximum absolute atomic E-state index is 12.0. The highest BCUT2D eigenvalue weighted by molar-refractivity contribution is 5.97. The maximum atomic E-state index is 12.0. The fraction of sp³-hybridized carbons (Fsp3) is 0.500. The highest BCUT2D eigenvalue weighted by Crippen LogP contribution is 2.19. The predicted octanol–water partition coefficient (Wildman–Crippen LogP) is -0.345. The zero-order valence-electron chi connectivity index (χ0n) is 8.82. The number of anilines is 1. The van der Waals surface area contributed by atoms with E-state index in [4.69, 9.17) is 10.8 Å². The van der Waals surface area contributed by atoms with E-state index in [1.54, 1.807) is 0 Å². The van der Waals surface area contributed by atoms with E-state index in [2.05, 4.69) is 5.10 Å². The lowest BCUT2D eigenvalue weighted by Gasteiger charge is -2.15. The molecule has 0 fully saturated rings. The first-order valence-corrected chi connectivity index (χ1v) is 4.54. The van der Waals surface area contributed by atoms with Gasteiger partial charge < -0.3 is 16.2 Å². The van der Waals surface area contributed by atoms with E-state index in [1.165, 1.54) is 13.2 Å². The number of aromatic nitrogens is 2. The summed E-state index contributed by atoms with van der Waals surface area (Å²) in [7, 11) is 1.42. The van der Waals surface area contributed by atoms with Crippen molar-refractivity contribution in [2.75, 3.05) is 12.3 Å². The summed E-state index contributed by atoms with van der Waals surface area (Å²) in [6, 6.07) is 0. The Hall–Kier alpha value is -1.77. The summed E-state index contributed by atoms with van der Waals surface area (Å²) in [5.41, 5.74) is 5.40. The minimum atomic E-state index is -4.77. The van der Waals surface area contributed by atoms with Crippen LogP contribution in [0.25, 0.3) is 0 Å². The van der Waals surface area contributed by atoms with Crippen molar-refractivity contribution < 1.29 is 23.1 Å². The molecule has 1 aromatic rings. The second-order valence-corrected chi connectivity index (χ2v) is 3.34. The monoisotopic (exact) mass is 252 g/mol. The van der Waals surface area contributed by atoms with Crippen LogP contribution in [0.4, 0.5) is 18.9 Å². The molecular formula is C8H11F3N4O2. The quantitative estimate of drug-likeness (QED) is 0.685. The fourth-order valence-electron chi connectivity index (χ4n) is 1.12. The van der Waals surface area contributed by atoms with Gasteiger partial charge in [-0.3, -0.25) is 9.48 Å². The molecule has 4 N–H and O–H groups in total. The Morgan fingerprint density at radius 1 is 1.71 bits per heavy atom. The van der Waals surface area contributed by atoms with Gasteiger partial charge in [0.15, 0.2) is 6.10 Å². The number of rotatable bonds is 3. The smallest absolute Gasteiger partial charge is 0.396 e. The highest BCUT2D eigenvalue weighted by Gasteiger charge is 2.38. The lowest BCUT2D eigenvalue weighted by Crippen LogP contribution is -2.41. The van der Waals surface area contributed by atoms with Crippen molar-refractivity contribution in [1.82, 2.24) is 15.1 Å². The molecule has 0 radical (unpaired) electrons. The van der Waals surface area contributed by atoms with Crippen LogP contribution in [-0.2, 0) is 7.05 Å². The Morgan fingerprint density at radius 3 is 2.71 bits per heavy atom. The third-order valence-electron chi connectivity index (χ3n) is 2.02. The first kappa shape index (κ1) is 13.3. The molecule has 0 bridgehead atoms. The molecule has 0 aliphatic heterocycles. The van der Waals surface area contributed by atoms with Crippen LogP contribution in [0.15, 0.2) is 6.20 Å². The minimum Gasteiger partial charge on any atom is -0.396 e. The van der Waals surface area contributed by atoms with E-state index in [0.717, 1.165) is 4.68 Å². The van der Waals surface area contributed by atoms with Gasteiger partial charge in [-0.25, -0.2) is 0 Å². The number of carbonyl (C=O) groups is 1. The summed E-state index contributed by atoms with van der Waals surface area (Å²) in [5, 5.41) is 14.3. The van der Waals surface area contributed by atoms with Crippen LogP contribution in [0.2, 0.25) is 0 Å². The topological polar surface area (TPSA) is 93.2 Å². The lowest BCUT2D eigenvalue weighted by atomic mass is 10.3. The predicted molar refractivity (Wildman–Crippen MR) is 52.0 cm³/mol. The van der Waals surface area contributed by atoms with Crippen molar-refractivity contribution in [2.45, 2.75) is 12.3 Å². The number of nitrogens with one attached hydrogen (secondary N) is 1. The SMILES string of the molecule is Cn1ncc(N)c1C(=O)NCC(O)C(F)(F)F. The van der Waals surface area contributed by atoms with E-state index in [9.17, 15) is 18.0 Å². The van der Waals surface area contributed by atoms with Gasteiger partial charge in [0, 0.05) is 7.05 Å². The number of aryl methyl sites for hydroxylation is 1. The molecule has 0 saturated heterocycles. The number of hydrogen-bond donors (Lipinski definition) is 3. The summed E-state index contributed by atoms with van der Waals surface area (Å²) in [6.07, 6.45) is -6.18. The molecule has 1 aromatic heterocycles. The standard InChI is InChI=1S/C8H11F3N4O2/c1-15-6(4(12)2-14-15)7(17)13-3-5(16)8(9,10)11/h2,5,16H,3,12H2,1H3,(H,13,17). The molecule has 1 amide bonds. The largest absolute Gasteiger partial charge is 0.416 e. The van der Waals surface area contributed by atoms with Crippen molar-refractivity contribution in [1.29, 1.82) is 0 Å². The second-order valence-electron chi connectivity index (χ2n) is 3.34. The maximum Gasteiger partial charge on any atom is 0.416 e. The summed E-state index contributed by atoms with van der Waals surface area (Å²) in [4.78, 5) is 11.4. The number of nitrogen functional groups attached to an aromatic ring is 1. The molecule has 17 heavy (non-hydrogen) atoms. The number of aliphatic hydroxyl groups is 1. The van der Waals surface area contributed by atoms with Crippen molar-refractivity contribution in [3.63, 3.8) is 0 Å². The Morgan fingerprint density at radius 2 is 2.29 bits per heavy atom. The zero-order valence-corrected chi connectivity index (χ0v) is 8.82. The number of amides is 1. The van der Waals surface area contributed by atoms with Crippen LogP contribution in [-0.4, -0.2) is 39.6 Å². The second kappa shape index (κ2) is 4.62. The average molecular weight is 252 g/mol. The van der Waals surface area contributed by atoms with Gasteiger partial charge in [-0.05, 0) is 0 Å². The molecule has 0 aliphatic carbocycles. The Balaban J connectivity index is 2.63. The van der Waals surface area contributed by atoms with Gasteiger partial charge in [-0.1, -0.05) is 0 Å². The number of carbonyl (C=O) groups excluding carboxylic acids is 1. The first-order valence-electron chi connectivity index (χ1n) is 4.54.